The van der Waals surface area contributed by atoms with Gasteiger partial charge in [-0.1, -0.05) is 245 Å². The van der Waals surface area contributed by atoms with E-state index >= 15 is 8.78 Å². The summed E-state index contributed by atoms with van der Waals surface area (Å²) < 4.78 is 143. The van der Waals surface area contributed by atoms with E-state index in [1.165, 1.54) is 79.0 Å². The Labute approximate surface area is 702 Å². The van der Waals surface area contributed by atoms with E-state index in [0.29, 0.717) is 103 Å². The van der Waals surface area contributed by atoms with Gasteiger partial charge in [-0.25, -0.2) is 43.9 Å². The predicted octanol–water partition coefficient (Wildman–Crippen LogP) is 32.0. The average molecular weight is 1620 g/mol. The van der Waals surface area contributed by atoms with Gasteiger partial charge in [0.2, 0.25) is 0 Å². The minimum atomic E-state index is -0.226. The van der Waals surface area contributed by atoms with Crippen LogP contribution in [0.15, 0.2) is 194 Å². The van der Waals surface area contributed by atoms with Crippen molar-refractivity contribution in [3.63, 3.8) is 0 Å². The zero-order chi connectivity index (χ0) is 84.8. The molecule has 0 radical (unpaired) electrons. The van der Waals surface area contributed by atoms with Crippen LogP contribution in [0.25, 0.3) is 98.0 Å². The van der Waals surface area contributed by atoms with E-state index in [0.717, 1.165) is 142 Å². The van der Waals surface area contributed by atoms with Crippen molar-refractivity contribution >= 4 is 64.6 Å². The van der Waals surface area contributed by atoms with Crippen molar-refractivity contribution in [2.75, 3.05) is 0 Å². The van der Waals surface area contributed by atoms with Crippen molar-refractivity contribution in [2.24, 2.45) is 23.7 Å². The van der Waals surface area contributed by atoms with E-state index < -0.39 is 0 Å². The molecule has 0 saturated heterocycles. The molecule has 0 N–H and O–H groups in total. The number of rotatable bonds is 4. The molecule has 2 fully saturated rings. The highest BCUT2D eigenvalue weighted by Gasteiger charge is 2.29. The third kappa shape index (κ3) is 16.9. The van der Waals surface area contributed by atoms with Crippen LogP contribution in [-0.2, 0) is 51.4 Å². The predicted molar refractivity (Wildman–Crippen MR) is 483 cm³/mol. The molecular formula is C110H108F10. The standard InChI is InChI=1S/C23H26F2.C23H24F2.C16H14F2.C16H12F2.C16H15F.C16H13F.2H2/c2*1-14-3-6-16(7-4-14)13-17-8-10-19-18-9-5-15(2)22(24)20(18)11-12-21(19)23(17)25;2*1-9-3-5-11-12-6-4-10(2)16(18)14(12)8-7-13(11)15(9)17;2*1-10-3-6-13-12(9-10)5-8-15-14(13)7-4-11(2)16(15)17;;/h5,8-10,14,16H,3-4,6-7,11-13H2,1-2H3;5,8-12,14,16H,3-4,6-7,13H2,1-2H3;3-6H,7-8H2,1-2H3;3-8H,1-2H3;3-4,6-7,9H,5,8H2,1-2H3;3-9H,1-2H3;2*1H. The highest BCUT2D eigenvalue weighted by molar-refractivity contribution is 6.10. The van der Waals surface area contributed by atoms with Crippen molar-refractivity contribution in [1.29, 1.82) is 0 Å². The molecule has 0 spiro atoms. The molecule has 0 aromatic heterocycles. The molecule has 15 aromatic carbocycles. The van der Waals surface area contributed by atoms with Crippen LogP contribution in [0.3, 0.4) is 0 Å². The van der Waals surface area contributed by atoms with Crippen LogP contribution in [0.2, 0.25) is 0 Å². The summed E-state index contributed by atoms with van der Waals surface area (Å²) in [5.41, 5.74) is 20.4. The zero-order valence-electron chi connectivity index (χ0n) is 70.9. The second kappa shape index (κ2) is 35.5. The third-order valence-electron chi connectivity index (χ3n) is 26.5. The van der Waals surface area contributed by atoms with E-state index in [1.807, 2.05) is 97.9 Å². The summed E-state index contributed by atoms with van der Waals surface area (Å²) in [7, 11) is 0. The molecular weight excluding hydrogens is 1510 g/mol. The van der Waals surface area contributed by atoms with Crippen LogP contribution in [0, 0.1) is 151 Å². The van der Waals surface area contributed by atoms with Crippen molar-refractivity contribution in [2.45, 2.75) is 186 Å². The molecule has 0 nitrogen and oxygen atoms in total. The van der Waals surface area contributed by atoms with Gasteiger partial charge in [0.25, 0.3) is 0 Å². The lowest BCUT2D eigenvalue weighted by Gasteiger charge is -2.27. The average Bonchev–Trinajstić information content (AvgIpc) is 0.778. The van der Waals surface area contributed by atoms with Crippen LogP contribution in [0.1, 0.15) is 168 Å². The van der Waals surface area contributed by atoms with Crippen molar-refractivity contribution in [1.82, 2.24) is 0 Å². The quantitative estimate of drug-likeness (QED) is 0.122. The molecule has 0 amide bonds. The Morgan fingerprint density at radius 1 is 0.225 bits per heavy atom. The molecule has 618 valence electrons. The summed E-state index contributed by atoms with van der Waals surface area (Å²) in [5, 5.41) is 9.37. The molecule has 0 atom stereocenters. The fourth-order valence-corrected chi connectivity index (χ4v) is 19.1. The number of fused-ring (bicyclic) bond motifs is 18. The van der Waals surface area contributed by atoms with E-state index in [4.69, 9.17) is 0 Å². The molecule has 20 rings (SSSR count). The topological polar surface area (TPSA) is 0 Å². The van der Waals surface area contributed by atoms with Gasteiger partial charge >= 0.3 is 0 Å². The second-order valence-corrected chi connectivity index (χ2v) is 35.0. The maximum Gasteiger partial charge on any atom is 0.134 e. The van der Waals surface area contributed by atoms with Crippen LogP contribution in [0.4, 0.5) is 43.9 Å². The van der Waals surface area contributed by atoms with Crippen LogP contribution in [-0.4, -0.2) is 0 Å². The Bertz CT molecular complexity index is 6370. The van der Waals surface area contributed by atoms with E-state index in [1.54, 1.807) is 109 Å². The summed E-state index contributed by atoms with van der Waals surface area (Å²) in [5.74, 6) is 1.47. The van der Waals surface area contributed by atoms with Gasteiger partial charge in [-0.15, -0.1) is 0 Å². The van der Waals surface area contributed by atoms with E-state index in [2.05, 4.69) is 70.2 Å². The van der Waals surface area contributed by atoms with Crippen molar-refractivity contribution in [3.8, 4) is 33.4 Å². The first-order valence-corrected chi connectivity index (χ1v) is 42.8. The first-order chi connectivity index (χ1) is 57.6. The Morgan fingerprint density at radius 3 is 0.867 bits per heavy atom. The minimum Gasteiger partial charge on any atom is -0.206 e. The molecule has 0 aliphatic heterocycles. The monoisotopic (exact) mass is 1620 g/mol. The van der Waals surface area contributed by atoms with Gasteiger partial charge in [0.15, 0.2) is 0 Å². The van der Waals surface area contributed by atoms with Crippen molar-refractivity contribution < 1.29 is 46.8 Å². The molecule has 10 heteroatoms. The fraction of sp³-hybridized carbons (Fsp3) is 0.291. The fourth-order valence-electron chi connectivity index (χ4n) is 19.1. The first kappa shape index (κ1) is 84.2. The van der Waals surface area contributed by atoms with E-state index in [-0.39, 0.29) is 61.0 Å². The Morgan fingerprint density at radius 2 is 0.475 bits per heavy atom. The SMILES string of the molecule is Cc1ccc2c(c1)CCc1c-2ccc(C)c1F.Cc1ccc2c(c1F)CCc1c-2ccc(C)c1F.Cc1ccc2c(c1F)CCc1c-2ccc(CC2CCC(C)CC2)c1F.Cc1ccc2c(ccc3c(F)c(C)ccc32)c1.Cc1ccc2c(ccc3c(F)c(C)ccc32)c1F.Cc1ccc2c(ccc3c(F)c(CC4CCC(C)CC4)ccc32)c1F.[HH].[HH]. The van der Waals surface area contributed by atoms with Crippen LogP contribution < -0.4 is 0 Å². The lowest BCUT2D eigenvalue weighted by atomic mass is 9.78. The normalized spacial score (nSPS) is 16.2. The van der Waals surface area contributed by atoms with Gasteiger partial charge in [-0.2, -0.15) is 0 Å². The molecule has 120 heavy (non-hydrogen) atoms. The lowest BCUT2D eigenvalue weighted by molar-refractivity contribution is 0.287. The summed E-state index contributed by atoms with van der Waals surface area (Å²) in [6.07, 6.45) is 15.6. The minimum absolute atomic E-state index is 0. The lowest BCUT2D eigenvalue weighted by Crippen LogP contribution is -2.16. The zero-order valence-corrected chi connectivity index (χ0v) is 70.9. The summed E-state index contributed by atoms with van der Waals surface area (Å²) in [6.45, 7) is 23.0. The molecule has 0 heterocycles. The molecule has 0 bridgehead atoms. The molecule has 5 aliphatic carbocycles. The maximum absolute atomic E-state index is 15.2. The third-order valence-corrected chi connectivity index (χ3v) is 26.5. The Kier molecular flexibility index (Phi) is 24.9. The number of benzene rings is 15. The number of hydrogen-bond donors (Lipinski definition) is 0. The van der Waals surface area contributed by atoms with Gasteiger partial charge in [0, 0.05) is 29.8 Å². The number of halogens is 10. The van der Waals surface area contributed by atoms with E-state index in [9.17, 15) is 35.1 Å². The van der Waals surface area contributed by atoms with Crippen LogP contribution in [0.5, 0.6) is 0 Å². The van der Waals surface area contributed by atoms with Gasteiger partial charge in [0.1, 0.15) is 58.2 Å². The van der Waals surface area contributed by atoms with Gasteiger partial charge in [-0.05, 0) is 330 Å². The molecule has 15 aromatic rings. The highest BCUT2D eigenvalue weighted by Crippen LogP contribution is 2.44. The van der Waals surface area contributed by atoms with Gasteiger partial charge in [-0.3, -0.25) is 0 Å². The van der Waals surface area contributed by atoms with Gasteiger partial charge in [0.05, 0.1) is 0 Å². The molecule has 5 aliphatic rings. The van der Waals surface area contributed by atoms with Gasteiger partial charge < -0.3 is 0 Å². The molecule has 0 unspecified atom stereocenters. The Balaban J connectivity index is 0.000000127. The Hall–Kier alpha value is -10.8. The summed E-state index contributed by atoms with van der Waals surface area (Å²) in [4.78, 5) is 0. The molecule has 2 saturated carbocycles. The van der Waals surface area contributed by atoms with Crippen LogP contribution >= 0.6 is 0 Å². The number of hydrogen-bond acceptors (Lipinski definition) is 0. The smallest absolute Gasteiger partial charge is 0.134 e. The largest absolute Gasteiger partial charge is 0.206 e. The second-order valence-electron chi connectivity index (χ2n) is 35.0. The highest BCUT2D eigenvalue weighted by atomic mass is 19.2. The first-order valence-electron chi connectivity index (χ1n) is 42.8. The maximum atomic E-state index is 15.2. The summed E-state index contributed by atoms with van der Waals surface area (Å²) >= 11 is 0. The summed E-state index contributed by atoms with van der Waals surface area (Å²) in [6, 6.07) is 60.9. The van der Waals surface area contributed by atoms with Crippen molar-refractivity contribution in [3.05, 3.63) is 352 Å². The number of aryl methyl sites for hydroxylation is 11.